The summed E-state index contributed by atoms with van der Waals surface area (Å²) in [5.74, 6) is -3.70. The van der Waals surface area contributed by atoms with Gasteiger partial charge in [0.25, 0.3) is 0 Å². The molecule has 1 aliphatic heterocycles. The van der Waals surface area contributed by atoms with Gasteiger partial charge in [-0.15, -0.1) is 0 Å². The van der Waals surface area contributed by atoms with Gasteiger partial charge in [-0.1, -0.05) is 26.7 Å². The van der Waals surface area contributed by atoms with Crippen molar-refractivity contribution in [1.82, 2.24) is 15.5 Å². The van der Waals surface area contributed by atoms with E-state index in [1.54, 1.807) is 6.92 Å². The van der Waals surface area contributed by atoms with E-state index in [9.17, 15) is 29.1 Å². The summed E-state index contributed by atoms with van der Waals surface area (Å²) in [5, 5.41) is 14.6. The minimum atomic E-state index is -1.14. The standard InChI is InChI=1S/C22H40N6O6/c1-3-13(2)18(22(33)34)27-20(31)16-8-6-12-28(16)21(32)15(9-10-17(25)29)26-19(30)14(24)7-4-5-11-23/h13-16,18H,3-12,23-24H2,1-2H3,(H2,25,29)(H,26,30)(H,27,31)(H,33,34). The molecule has 12 nitrogen and oxygen atoms in total. The average molecular weight is 485 g/mol. The topological polar surface area (TPSA) is 211 Å². The summed E-state index contributed by atoms with van der Waals surface area (Å²) >= 11 is 0. The first kappa shape index (κ1) is 29.3. The Bertz CT molecular complexity index is 733. The lowest BCUT2D eigenvalue weighted by molar-refractivity contribution is -0.146. The van der Waals surface area contributed by atoms with Gasteiger partial charge in [0, 0.05) is 13.0 Å². The Kier molecular flexibility index (Phi) is 12.5. The molecular formula is C22H40N6O6. The van der Waals surface area contributed by atoms with E-state index in [2.05, 4.69) is 10.6 Å². The minimum Gasteiger partial charge on any atom is -0.480 e. The molecule has 0 radical (unpaired) electrons. The highest BCUT2D eigenvalue weighted by atomic mass is 16.4. The fourth-order valence-corrected chi connectivity index (χ4v) is 3.90. The second-order valence-corrected chi connectivity index (χ2v) is 8.86. The van der Waals surface area contributed by atoms with Crippen molar-refractivity contribution in [1.29, 1.82) is 0 Å². The molecule has 0 bridgehead atoms. The number of likely N-dealkylation sites (tertiary alicyclic amines) is 1. The first-order valence-corrected chi connectivity index (χ1v) is 11.9. The molecule has 1 saturated heterocycles. The van der Waals surface area contributed by atoms with Crippen molar-refractivity contribution < 1.29 is 29.1 Å². The number of carbonyl (C=O) groups excluding carboxylic acids is 4. The Morgan fingerprint density at radius 1 is 1.12 bits per heavy atom. The highest BCUT2D eigenvalue weighted by Gasteiger charge is 2.39. The molecule has 1 fully saturated rings. The molecule has 5 atom stereocenters. The van der Waals surface area contributed by atoms with Crippen LogP contribution >= 0.6 is 0 Å². The average Bonchev–Trinajstić information content (AvgIpc) is 3.28. The fourth-order valence-electron chi connectivity index (χ4n) is 3.90. The summed E-state index contributed by atoms with van der Waals surface area (Å²) in [4.78, 5) is 63.0. The van der Waals surface area contributed by atoms with Crippen LogP contribution in [0.4, 0.5) is 0 Å². The molecular weight excluding hydrogens is 444 g/mol. The minimum absolute atomic E-state index is 0.0368. The Labute approximate surface area is 200 Å². The van der Waals surface area contributed by atoms with Gasteiger partial charge in [0.1, 0.15) is 18.1 Å². The lowest BCUT2D eigenvalue weighted by Crippen LogP contribution is -2.57. The van der Waals surface area contributed by atoms with Crippen molar-refractivity contribution in [3.8, 4) is 0 Å². The number of primary amides is 1. The van der Waals surface area contributed by atoms with Crippen LogP contribution in [0.1, 0.15) is 65.2 Å². The van der Waals surface area contributed by atoms with Gasteiger partial charge in [0.05, 0.1) is 6.04 Å². The van der Waals surface area contributed by atoms with Gasteiger partial charge in [-0.05, 0) is 44.6 Å². The molecule has 4 amide bonds. The third-order valence-electron chi connectivity index (χ3n) is 6.22. The molecule has 0 aromatic heterocycles. The quantitative estimate of drug-likeness (QED) is 0.155. The zero-order valence-electron chi connectivity index (χ0n) is 20.1. The maximum absolute atomic E-state index is 13.3. The van der Waals surface area contributed by atoms with Crippen LogP contribution in [0, 0.1) is 5.92 Å². The number of hydrogen-bond donors (Lipinski definition) is 6. The molecule has 194 valence electrons. The number of hydrogen-bond acceptors (Lipinski definition) is 7. The van der Waals surface area contributed by atoms with Crippen LogP contribution in [-0.4, -0.2) is 76.9 Å². The smallest absolute Gasteiger partial charge is 0.326 e. The van der Waals surface area contributed by atoms with E-state index >= 15 is 0 Å². The third kappa shape index (κ3) is 8.90. The third-order valence-corrected chi connectivity index (χ3v) is 6.22. The molecule has 34 heavy (non-hydrogen) atoms. The second-order valence-electron chi connectivity index (χ2n) is 8.86. The van der Waals surface area contributed by atoms with Gasteiger partial charge >= 0.3 is 5.97 Å². The summed E-state index contributed by atoms with van der Waals surface area (Å²) in [5.41, 5.74) is 16.6. The van der Waals surface area contributed by atoms with Crippen LogP contribution in [0.3, 0.4) is 0 Å². The van der Waals surface area contributed by atoms with E-state index in [0.29, 0.717) is 45.1 Å². The first-order valence-electron chi connectivity index (χ1n) is 11.9. The molecule has 1 heterocycles. The van der Waals surface area contributed by atoms with Gasteiger partial charge in [-0.25, -0.2) is 4.79 Å². The number of amides is 4. The molecule has 0 aromatic carbocycles. The molecule has 5 unspecified atom stereocenters. The lowest BCUT2D eigenvalue weighted by Gasteiger charge is -2.30. The summed E-state index contributed by atoms with van der Waals surface area (Å²) < 4.78 is 0. The van der Waals surface area contributed by atoms with Gasteiger partial charge in [-0.3, -0.25) is 19.2 Å². The van der Waals surface area contributed by atoms with Crippen molar-refractivity contribution in [3.63, 3.8) is 0 Å². The molecule has 1 aliphatic rings. The lowest BCUT2D eigenvalue weighted by atomic mass is 9.98. The van der Waals surface area contributed by atoms with Crippen LogP contribution < -0.4 is 27.8 Å². The summed E-state index contributed by atoms with van der Waals surface area (Å²) in [6.45, 7) is 4.30. The number of nitrogens with one attached hydrogen (secondary N) is 2. The van der Waals surface area contributed by atoms with Crippen LogP contribution in [0.25, 0.3) is 0 Å². The van der Waals surface area contributed by atoms with Crippen molar-refractivity contribution in [2.75, 3.05) is 13.1 Å². The van der Waals surface area contributed by atoms with E-state index in [1.807, 2.05) is 6.92 Å². The monoisotopic (exact) mass is 484 g/mol. The van der Waals surface area contributed by atoms with Crippen molar-refractivity contribution in [2.24, 2.45) is 23.1 Å². The van der Waals surface area contributed by atoms with Gasteiger partial charge in [0.15, 0.2) is 0 Å². The van der Waals surface area contributed by atoms with Crippen molar-refractivity contribution >= 4 is 29.6 Å². The molecule has 0 aromatic rings. The van der Waals surface area contributed by atoms with Gasteiger partial charge < -0.3 is 37.8 Å². The molecule has 12 heteroatoms. The maximum atomic E-state index is 13.3. The predicted molar refractivity (Wildman–Crippen MR) is 125 cm³/mol. The zero-order valence-corrected chi connectivity index (χ0v) is 20.1. The summed E-state index contributed by atoms with van der Waals surface area (Å²) in [6.07, 6.45) is 3.03. The number of carboxylic acids is 1. The van der Waals surface area contributed by atoms with Crippen LogP contribution in [-0.2, 0) is 24.0 Å². The molecule has 1 rings (SSSR count). The van der Waals surface area contributed by atoms with E-state index in [1.165, 1.54) is 4.90 Å². The van der Waals surface area contributed by atoms with E-state index in [-0.39, 0.29) is 25.3 Å². The second kappa shape index (κ2) is 14.5. The molecule has 0 spiro atoms. The maximum Gasteiger partial charge on any atom is 0.326 e. The zero-order chi connectivity index (χ0) is 25.8. The Balaban J connectivity index is 2.95. The van der Waals surface area contributed by atoms with Crippen LogP contribution in [0.2, 0.25) is 0 Å². The number of nitrogens with zero attached hydrogens (tertiary/aromatic N) is 1. The van der Waals surface area contributed by atoms with E-state index < -0.39 is 53.8 Å². The highest BCUT2D eigenvalue weighted by Crippen LogP contribution is 2.21. The number of nitrogens with two attached hydrogens (primary N) is 3. The molecule has 9 N–H and O–H groups in total. The van der Waals surface area contributed by atoms with Crippen molar-refractivity contribution in [3.05, 3.63) is 0 Å². The van der Waals surface area contributed by atoms with Crippen LogP contribution in [0.15, 0.2) is 0 Å². The number of aliphatic carboxylic acids is 1. The normalized spacial score (nSPS) is 19.1. The summed E-state index contributed by atoms with van der Waals surface area (Å²) in [7, 11) is 0. The number of carboxylic acid groups (broad SMARTS) is 1. The molecule has 0 saturated carbocycles. The fraction of sp³-hybridized carbons (Fsp3) is 0.773. The van der Waals surface area contributed by atoms with Gasteiger partial charge in [-0.2, -0.15) is 0 Å². The SMILES string of the molecule is CCC(C)C(NC(=O)C1CCCN1C(=O)C(CCC(N)=O)NC(=O)C(N)CCCCN)C(=O)O. The van der Waals surface area contributed by atoms with Crippen molar-refractivity contribution in [2.45, 2.75) is 89.4 Å². The Morgan fingerprint density at radius 3 is 2.35 bits per heavy atom. The highest BCUT2D eigenvalue weighted by molar-refractivity contribution is 5.94. The Hall–Kier alpha value is -2.73. The number of carbonyl (C=O) groups is 5. The van der Waals surface area contributed by atoms with E-state index in [0.717, 1.165) is 0 Å². The first-order chi connectivity index (χ1) is 16.0. The summed E-state index contributed by atoms with van der Waals surface area (Å²) in [6, 6.07) is -3.88. The Morgan fingerprint density at radius 2 is 1.79 bits per heavy atom. The predicted octanol–water partition coefficient (Wildman–Crippen LogP) is -1.20. The van der Waals surface area contributed by atoms with E-state index in [4.69, 9.17) is 17.2 Å². The largest absolute Gasteiger partial charge is 0.480 e. The molecule has 0 aliphatic carbocycles. The number of unbranched alkanes of at least 4 members (excludes halogenated alkanes) is 1. The number of rotatable bonds is 15. The van der Waals surface area contributed by atoms with Crippen LogP contribution in [0.5, 0.6) is 0 Å². The van der Waals surface area contributed by atoms with Gasteiger partial charge in [0.2, 0.25) is 23.6 Å².